The fraction of sp³-hybridized carbons (Fsp3) is 0.0667. The lowest BCUT2D eigenvalue weighted by molar-refractivity contribution is 0.0593. The van der Waals surface area contributed by atoms with Crippen molar-refractivity contribution in [3.63, 3.8) is 0 Å². The molecule has 0 bridgehead atoms. The van der Waals surface area contributed by atoms with Crippen LogP contribution in [0.15, 0.2) is 36.4 Å². The first kappa shape index (κ1) is 17.6. The molecular formula is C15H12N2O6. The standard InChI is InChI=1S/C8H7NO3.C7H5NO3/c1-12-8(11)7-4-2-3-6(5-10)9-7;9-4-5-2-1-3-6(8-5)7(10)11/h2-5H,1H3;1-4H,(H,10,11). The summed E-state index contributed by atoms with van der Waals surface area (Å²) in [6, 6.07) is 8.82. The summed E-state index contributed by atoms with van der Waals surface area (Å²) in [6.07, 6.45) is 1.08. The van der Waals surface area contributed by atoms with Crippen LogP contribution in [-0.2, 0) is 4.74 Å². The minimum absolute atomic E-state index is 0.116. The maximum atomic E-state index is 10.9. The van der Waals surface area contributed by atoms with E-state index in [-0.39, 0.29) is 22.8 Å². The number of aromatic nitrogens is 2. The number of esters is 1. The fourth-order valence-corrected chi connectivity index (χ4v) is 1.37. The van der Waals surface area contributed by atoms with Crippen molar-refractivity contribution in [2.75, 3.05) is 7.11 Å². The van der Waals surface area contributed by atoms with Crippen LogP contribution >= 0.6 is 0 Å². The van der Waals surface area contributed by atoms with Gasteiger partial charge in [0, 0.05) is 0 Å². The number of carboxylic acid groups (broad SMARTS) is 1. The van der Waals surface area contributed by atoms with Gasteiger partial charge in [-0.2, -0.15) is 0 Å². The Bertz CT molecular complexity index is 729. The van der Waals surface area contributed by atoms with Gasteiger partial charge in [-0.15, -0.1) is 0 Å². The molecule has 0 fully saturated rings. The van der Waals surface area contributed by atoms with Gasteiger partial charge in [-0.3, -0.25) is 9.59 Å². The monoisotopic (exact) mass is 316 g/mol. The van der Waals surface area contributed by atoms with Crippen LogP contribution in [0.5, 0.6) is 0 Å². The Hall–Kier alpha value is -3.42. The molecule has 8 heteroatoms. The van der Waals surface area contributed by atoms with Crippen LogP contribution in [0, 0.1) is 0 Å². The highest BCUT2D eigenvalue weighted by Crippen LogP contribution is 1.98. The van der Waals surface area contributed by atoms with E-state index in [1.54, 1.807) is 6.07 Å². The Kier molecular flexibility index (Phi) is 6.73. The van der Waals surface area contributed by atoms with E-state index in [0.717, 1.165) is 0 Å². The third kappa shape index (κ3) is 5.46. The molecule has 0 aliphatic rings. The Morgan fingerprint density at radius 1 is 0.957 bits per heavy atom. The zero-order chi connectivity index (χ0) is 17.2. The van der Waals surface area contributed by atoms with Crippen molar-refractivity contribution < 1.29 is 29.0 Å². The van der Waals surface area contributed by atoms with E-state index < -0.39 is 11.9 Å². The predicted octanol–water partition coefficient (Wildman–Crippen LogP) is 1.27. The first-order valence-electron chi connectivity index (χ1n) is 6.18. The third-order valence-corrected chi connectivity index (χ3v) is 2.40. The molecule has 0 amide bonds. The lowest BCUT2D eigenvalue weighted by Crippen LogP contribution is -2.05. The molecule has 0 saturated carbocycles. The average molecular weight is 316 g/mol. The number of carbonyl (C=O) groups excluding carboxylic acids is 3. The van der Waals surface area contributed by atoms with Gasteiger partial charge in [0.2, 0.25) is 0 Å². The van der Waals surface area contributed by atoms with E-state index in [1.807, 2.05) is 0 Å². The molecule has 118 valence electrons. The lowest BCUT2D eigenvalue weighted by Gasteiger charge is -1.97. The molecule has 0 radical (unpaired) electrons. The summed E-state index contributed by atoms with van der Waals surface area (Å²) in [4.78, 5) is 48.8. The molecule has 1 N–H and O–H groups in total. The van der Waals surface area contributed by atoms with E-state index >= 15 is 0 Å². The van der Waals surface area contributed by atoms with Crippen LogP contribution in [0.4, 0.5) is 0 Å². The van der Waals surface area contributed by atoms with Crippen molar-refractivity contribution >= 4 is 24.5 Å². The van der Waals surface area contributed by atoms with E-state index in [9.17, 15) is 19.2 Å². The van der Waals surface area contributed by atoms with Crippen LogP contribution in [0.25, 0.3) is 0 Å². The zero-order valence-corrected chi connectivity index (χ0v) is 12.0. The van der Waals surface area contributed by atoms with Crippen molar-refractivity contribution in [3.05, 3.63) is 59.2 Å². The van der Waals surface area contributed by atoms with Crippen LogP contribution in [0.1, 0.15) is 42.0 Å². The maximum Gasteiger partial charge on any atom is 0.356 e. The van der Waals surface area contributed by atoms with Gasteiger partial charge in [-0.25, -0.2) is 19.6 Å². The summed E-state index contributed by atoms with van der Waals surface area (Å²) in [7, 11) is 1.26. The van der Waals surface area contributed by atoms with Gasteiger partial charge in [-0.05, 0) is 24.3 Å². The largest absolute Gasteiger partial charge is 0.477 e. The van der Waals surface area contributed by atoms with Crippen molar-refractivity contribution in [2.45, 2.75) is 0 Å². The Morgan fingerprint density at radius 3 is 1.87 bits per heavy atom. The second-order valence-electron chi connectivity index (χ2n) is 3.93. The van der Waals surface area contributed by atoms with Crippen LogP contribution in [0.2, 0.25) is 0 Å². The minimum atomic E-state index is -1.13. The molecule has 0 atom stereocenters. The first-order valence-corrected chi connectivity index (χ1v) is 6.18. The van der Waals surface area contributed by atoms with Crippen molar-refractivity contribution in [3.8, 4) is 0 Å². The van der Waals surface area contributed by atoms with E-state index in [0.29, 0.717) is 12.6 Å². The van der Waals surface area contributed by atoms with Crippen LogP contribution < -0.4 is 0 Å². The molecule has 2 heterocycles. The van der Waals surface area contributed by atoms with Crippen molar-refractivity contribution in [1.82, 2.24) is 9.97 Å². The molecule has 0 aliphatic heterocycles. The summed E-state index contributed by atoms with van der Waals surface area (Å²) in [5.74, 6) is -1.67. The number of pyridine rings is 2. The summed E-state index contributed by atoms with van der Waals surface area (Å²) in [6.45, 7) is 0. The van der Waals surface area contributed by atoms with Gasteiger partial charge in [0.1, 0.15) is 22.8 Å². The highest BCUT2D eigenvalue weighted by atomic mass is 16.5. The number of rotatable bonds is 4. The van der Waals surface area contributed by atoms with Gasteiger partial charge in [0.15, 0.2) is 12.6 Å². The molecule has 0 aliphatic carbocycles. The number of carboxylic acids is 1. The molecule has 23 heavy (non-hydrogen) atoms. The van der Waals surface area contributed by atoms with Gasteiger partial charge >= 0.3 is 11.9 Å². The number of ether oxygens (including phenoxy) is 1. The van der Waals surface area contributed by atoms with Crippen LogP contribution in [0.3, 0.4) is 0 Å². The minimum Gasteiger partial charge on any atom is -0.477 e. The Morgan fingerprint density at radius 2 is 1.43 bits per heavy atom. The van der Waals surface area contributed by atoms with E-state index in [1.165, 1.54) is 37.4 Å². The molecule has 2 rings (SSSR count). The van der Waals surface area contributed by atoms with Crippen molar-refractivity contribution in [2.24, 2.45) is 0 Å². The molecule has 8 nitrogen and oxygen atoms in total. The number of aldehydes is 2. The normalized spacial score (nSPS) is 9.09. The second kappa shape index (κ2) is 8.78. The number of hydrogen-bond acceptors (Lipinski definition) is 7. The third-order valence-electron chi connectivity index (χ3n) is 2.40. The molecule has 0 unspecified atom stereocenters. The number of nitrogens with zero attached hydrogens (tertiary/aromatic N) is 2. The van der Waals surface area contributed by atoms with Crippen molar-refractivity contribution in [1.29, 1.82) is 0 Å². The van der Waals surface area contributed by atoms with Gasteiger partial charge < -0.3 is 9.84 Å². The number of methoxy groups -OCH3 is 1. The van der Waals surface area contributed by atoms with Gasteiger partial charge in [-0.1, -0.05) is 12.1 Å². The number of carbonyl (C=O) groups is 4. The van der Waals surface area contributed by atoms with Gasteiger partial charge in [0.05, 0.1) is 7.11 Å². The second-order valence-corrected chi connectivity index (χ2v) is 3.93. The highest BCUT2D eigenvalue weighted by molar-refractivity contribution is 5.88. The maximum absolute atomic E-state index is 10.9. The fourth-order valence-electron chi connectivity index (χ4n) is 1.37. The molecule has 0 saturated heterocycles. The predicted molar refractivity (Wildman–Crippen MR) is 77.5 cm³/mol. The van der Waals surface area contributed by atoms with E-state index in [2.05, 4.69) is 14.7 Å². The zero-order valence-electron chi connectivity index (χ0n) is 12.0. The van der Waals surface area contributed by atoms with Gasteiger partial charge in [0.25, 0.3) is 0 Å². The summed E-state index contributed by atoms with van der Waals surface area (Å²) in [5.41, 5.74) is 0.375. The lowest BCUT2D eigenvalue weighted by atomic mass is 10.3. The highest BCUT2D eigenvalue weighted by Gasteiger charge is 2.06. The Balaban J connectivity index is 0.000000231. The van der Waals surface area contributed by atoms with E-state index in [4.69, 9.17) is 5.11 Å². The average Bonchev–Trinajstić information content (AvgIpc) is 2.61. The first-order chi connectivity index (χ1) is 11.0. The molecule has 0 aromatic carbocycles. The molecular weight excluding hydrogens is 304 g/mol. The molecule has 0 spiro atoms. The topological polar surface area (TPSA) is 124 Å². The summed E-state index contributed by atoms with van der Waals surface area (Å²) < 4.78 is 4.42. The Labute approximate surface area is 130 Å². The number of aromatic carboxylic acids is 1. The quantitative estimate of drug-likeness (QED) is 0.660. The summed E-state index contributed by atoms with van der Waals surface area (Å²) in [5, 5.41) is 8.43. The summed E-state index contributed by atoms with van der Waals surface area (Å²) >= 11 is 0. The SMILES string of the molecule is COC(=O)c1cccc(C=O)n1.O=Cc1cccc(C(=O)O)n1. The number of hydrogen-bond donors (Lipinski definition) is 1. The molecule has 2 aromatic rings. The smallest absolute Gasteiger partial charge is 0.356 e. The van der Waals surface area contributed by atoms with Crippen LogP contribution in [-0.4, -0.2) is 46.7 Å². The molecule has 2 aromatic heterocycles.